The van der Waals surface area contributed by atoms with Gasteiger partial charge in [0.2, 0.25) is 0 Å². The molecule has 11 atom stereocenters. The minimum absolute atomic E-state index is 0.0484. The quantitative estimate of drug-likeness (QED) is 0.135. The van der Waals surface area contributed by atoms with Crippen LogP contribution in [0.2, 0.25) is 0 Å². The summed E-state index contributed by atoms with van der Waals surface area (Å²) >= 11 is 0. The van der Waals surface area contributed by atoms with Gasteiger partial charge in [-0.1, -0.05) is 88.5 Å². The van der Waals surface area contributed by atoms with Gasteiger partial charge in [0, 0.05) is 36.9 Å². The molecule has 0 saturated carbocycles. The smallest absolute Gasteiger partial charge is 0.331 e. The molecule has 2 aliphatic heterocycles. The first-order valence-corrected chi connectivity index (χ1v) is 17.1. The fraction of sp³-hybridized carbons (Fsp3) is 0.684. The van der Waals surface area contributed by atoms with Gasteiger partial charge in [0.1, 0.15) is 24.6 Å². The average molecular weight is 661 g/mol. The van der Waals surface area contributed by atoms with E-state index < -0.39 is 53.9 Å². The molecule has 0 aliphatic carbocycles. The Bertz CT molecular complexity index is 1150. The predicted octanol–water partition coefficient (Wildman–Crippen LogP) is 5.79. The molecule has 2 bridgehead atoms. The van der Waals surface area contributed by atoms with E-state index in [4.69, 9.17) is 18.9 Å². The highest BCUT2D eigenvalue weighted by Crippen LogP contribution is 2.36. The highest BCUT2D eigenvalue weighted by molar-refractivity contribution is 5.92. The van der Waals surface area contributed by atoms with Crippen LogP contribution in [-0.2, 0) is 28.5 Å². The Kier molecular flexibility index (Phi) is 17.0. The first-order valence-electron chi connectivity index (χ1n) is 17.1. The topological polar surface area (TPSA) is 132 Å². The highest BCUT2D eigenvalue weighted by atomic mass is 16.7. The van der Waals surface area contributed by atoms with Crippen LogP contribution in [0, 0.1) is 23.7 Å². The SMILES string of the molecule is CCCCCC1OCOC2(C)/C=C(C)\C=C/C(=O)OC(C(C)C(O)C(C)C(=O)/C=C/C(C)C(C)O)C(OC)/C=C\C=C(\C)CC1C2O. The molecule has 2 aliphatic rings. The van der Waals surface area contributed by atoms with Gasteiger partial charge in [-0.15, -0.1) is 0 Å². The monoisotopic (exact) mass is 660 g/mol. The van der Waals surface area contributed by atoms with E-state index in [1.165, 1.54) is 19.3 Å². The van der Waals surface area contributed by atoms with Crippen molar-refractivity contribution in [1.29, 1.82) is 0 Å². The van der Waals surface area contributed by atoms with Crippen LogP contribution in [0.25, 0.3) is 0 Å². The number of unbranched alkanes of at least 4 members (excludes halogenated alkanes) is 2. The Balaban J connectivity index is 2.48. The lowest BCUT2D eigenvalue weighted by molar-refractivity contribution is -0.157. The molecule has 47 heavy (non-hydrogen) atoms. The first-order chi connectivity index (χ1) is 22.1. The van der Waals surface area contributed by atoms with E-state index in [0.717, 1.165) is 31.3 Å². The zero-order valence-electron chi connectivity index (χ0n) is 29.9. The minimum Gasteiger partial charge on any atom is -0.456 e. The van der Waals surface area contributed by atoms with E-state index in [9.17, 15) is 24.9 Å². The third-order valence-electron chi connectivity index (χ3n) is 9.64. The number of hydrogen-bond acceptors (Lipinski definition) is 9. The number of ketones is 1. The molecule has 0 spiro atoms. The molecule has 0 aromatic carbocycles. The third kappa shape index (κ3) is 12.2. The van der Waals surface area contributed by atoms with Gasteiger partial charge in [-0.05, 0) is 52.7 Å². The molecule has 0 aromatic rings. The Hall–Kier alpha value is -2.40. The van der Waals surface area contributed by atoms with Crippen LogP contribution in [0.3, 0.4) is 0 Å². The van der Waals surface area contributed by atoms with E-state index >= 15 is 0 Å². The predicted molar refractivity (Wildman–Crippen MR) is 183 cm³/mol. The van der Waals surface area contributed by atoms with Gasteiger partial charge in [-0.3, -0.25) is 4.79 Å². The highest BCUT2D eigenvalue weighted by Gasteiger charge is 2.44. The van der Waals surface area contributed by atoms with Gasteiger partial charge >= 0.3 is 5.97 Å². The van der Waals surface area contributed by atoms with Crippen LogP contribution in [0.4, 0.5) is 0 Å². The maximum atomic E-state index is 13.2. The van der Waals surface area contributed by atoms with Crippen molar-refractivity contribution in [3.05, 3.63) is 59.8 Å². The molecule has 0 amide bonds. The summed E-state index contributed by atoms with van der Waals surface area (Å²) in [6, 6.07) is 0. The summed E-state index contributed by atoms with van der Waals surface area (Å²) in [6.07, 6.45) is 13.4. The van der Waals surface area contributed by atoms with Gasteiger partial charge < -0.3 is 34.3 Å². The Morgan fingerprint density at radius 3 is 2.49 bits per heavy atom. The standard InChI is InChI=1S/C38H60O9/c1-10-11-12-15-32-30-21-24(2)14-13-16-33(44-9)36(28(6)35(42)27(5)31(40)19-18-26(4)29(7)39)47-34(41)20-17-25(3)22-38(8,37(30)43)46-23-45-32/h13-14,16-20,22,26-30,32-33,35-37,39,42-43H,10-12,15,21,23H2,1-9H3/b16-13-,19-18+,20-17-,24-14-,25-22-. The number of methoxy groups -OCH3 is 1. The van der Waals surface area contributed by atoms with Crippen LogP contribution < -0.4 is 0 Å². The van der Waals surface area contributed by atoms with Crippen LogP contribution >= 0.6 is 0 Å². The number of carbonyl (C=O) groups is 2. The molecular weight excluding hydrogens is 600 g/mol. The number of carbonyl (C=O) groups excluding carboxylic acids is 2. The second-order valence-corrected chi connectivity index (χ2v) is 13.7. The van der Waals surface area contributed by atoms with Crippen molar-refractivity contribution in [2.75, 3.05) is 13.9 Å². The van der Waals surface area contributed by atoms with Gasteiger partial charge in [-0.2, -0.15) is 0 Å². The number of esters is 1. The number of aliphatic hydroxyl groups excluding tert-OH is 3. The summed E-state index contributed by atoms with van der Waals surface area (Å²) in [5.41, 5.74) is 0.652. The summed E-state index contributed by atoms with van der Waals surface area (Å²) in [5.74, 6) is -2.88. The van der Waals surface area contributed by atoms with E-state index in [-0.39, 0.29) is 30.5 Å². The number of fused-ring (bicyclic) bond motifs is 2. The summed E-state index contributed by atoms with van der Waals surface area (Å²) in [6.45, 7) is 14.7. The molecule has 9 nitrogen and oxygen atoms in total. The van der Waals surface area contributed by atoms with Crippen molar-refractivity contribution >= 4 is 11.8 Å². The van der Waals surface area contributed by atoms with E-state index in [0.29, 0.717) is 12.0 Å². The Morgan fingerprint density at radius 1 is 1.15 bits per heavy atom. The molecule has 1 fully saturated rings. The normalized spacial score (nSPS) is 34.8. The van der Waals surface area contributed by atoms with Crippen molar-refractivity contribution in [3.8, 4) is 0 Å². The number of rotatable bonds is 12. The van der Waals surface area contributed by atoms with E-state index in [2.05, 4.69) is 6.92 Å². The van der Waals surface area contributed by atoms with Crippen LogP contribution in [0.5, 0.6) is 0 Å². The van der Waals surface area contributed by atoms with Gasteiger partial charge in [-0.25, -0.2) is 4.79 Å². The molecule has 266 valence electrons. The molecular formula is C38H60O9. The van der Waals surface area contributed by atoms with Gasteiger partial charge in [0.25, 0.3) is 0 Å². The molecule has 0 radical (unpaired) electrons. The summed E-state index contributed by atoms with van der Waals surface area (Å²) in [4.78, 5) is 26.1. The number of hydrogen-bond donors (Lipinski definition) is 3. The number of allylic oxidation sites excluding steroid dienone is 6. The zero-order chi connectivity index (χ0) is 35.3. The number of aliphatic hydroxyl groups is 3. The molecule has 2 heterocycles. The maximum absolute atomic E-state index is 13.2. The second kappa shape index (κ2) is 19.6. The summed E-state index contributed by atoms with van der Waals surface area (Å²) in [5, 5.41) is 32.8. The zero-order valence-corrected chi connectivity index (χ0v) is 29.9. The van der Waals surface area contributed by atoms with Crippen molar-refractivity contribution in [2.45, 2.75) is 130 Å². The molecule has 2 rings (SSSR count). The molecule has 0 aromatic heterocycles. The maximum Gasteiger partial charge on any atom is 0.331 e. The van der Waals surface area contributed by atoms with Crippen LogP contribution in [-0.4, -0.2) is 83.2 Å². The largest absolute Gasteiger partial charge is 0.456 e. The van der Waals surface area contributed by atoms with Crippen molar-refractivity contribution in [2.24, 2.45) is 23.7 Å². The van der Waals surface area contributed by atoms with Crippen molar-refractivity contribution in [3.63, 3.8) is 0 Å². The molecule has 3 N–H and O–H groups in total. The van der Waals surface area contributed by atoms with Crippen molar-refractivity contribution < 1.29 is 43.9 Å². The fourth-order valence-corrected chi connectivity index (χ4v) is 6.16. The third-order valence-corrected chi connectivity index (χ3v) is 9.64. The lowest BCUT2D eigenvalue weighted by atomic mass is 9.79. The average Bonchev–Trinajstić information content (AvgIpc) is 3.13. The van der Waals surface area contributed by atoms with E-state index in [1.807, 2.05) is 39.0 Å². The molecule has 1 saturated heterocycles. The summed E-state index contributed by atoms with van der Waals surface area (Å²) in [7, 11) is 1.50. The van der Waals surface area contributed by atoms with E-state index in [1.54, 1.807) is 45.9 Å². The lowest BCUT2D eigenvalue weighted by Crippen LogP contribution is -2.46. The van der Waals surface area contributed by atoms with Crippen LogP contribution in [0.15, 0.2) is 59.8 Å². The Labute approximate surface area is 282 Å². The fourth-order valence-electron chi connectivity index (χ4n) is 6.16. The molecule has 9 heteroatoms. The number of ether oxygens (including phenoxy) is 4. The molecule has 11 unspecified atom stereocenters. The lowest BCUT2D eigenvalue weighted by Gasteiger charge is -2.36. The minimum atomic E-state index is -1.15. The second-order valence-electron chi connectivity index (χ2n) is 13.7. The van der Waals surface area contributed by atoms with Gasteiger partial charge in [0.05, 0.1) is 24.4 Å². The van der Waals surface area contributed by atoms with Crippen LogP contribution in [0.1, 0.15) is 87.5 Å². The first kappa shape index (κ1) is 40.8. The summed E-state index contributed by atoms with van der Waals surface area (Å²) < 4.78 is 24.0. The van der Waals surface area contributed by atoms with Gasteiger partial charge in [0.15, 0.2) is 5.78 Å². The van der Waals surface area contributed by atoms with Crippen molar-refractivity contribution in [1.82, 2.24) is 0 Å². The number of cyclic esters (lactones) is 1. The Morgan fingerprint density at radius 2 is 1.85 bits per heavy atom.